The Balaban J connectivity index is 1.32. The van der Waals surface area contributed by atoms with E-state index in [9.17, 15) is 0 Å². The zero-order chi connectivity index (χ0) is 26.4. The Bertz CT molecular complexity index is 1330. The molecule has 0 N–H and O–H groups in total. The van der Waals surface area contributed by atoms with Crippen LogP contribution >= 0.6 is 11.6 Å². The van der Waals surface area contributed by atoms with Gasteiger partial charge in [-0.15, -0.1) is 5.11 Å². The van der Waals surface area contributed by atoms with E-state index in [0.29, 0.717) is 5.02 Å². The summed E-state index contributed by atoms with van der Waals surface area (Å²) in [7, 11) is 0. The predicted octanol–water partition coefficient (Wildman–Crippen LogP) is 11.2. The molecule has 5 heteroatoms. The van der Waals surface area contributed by atoms with Gasteiger partial charge in [-0.25, -0.2) is 0 Å². The molecule has 4 aromatic carbocycles. The molecular formula is C33H36ClN3O. The molecule has 4 aromatic rings. The summed E-state index contributed by atoms with van der Waals surface area (Å²) >= 11 is 5.96. The van der Waals surface area contributed by atoms with Crippen LogP contribution in [-0.4, -0.2) is 12.8 Å². The average Bonchev–Trinajstić information content (AvgIpc) is 2.96. The van der Waals surface area contributed by atoms with E-state index in [1.54, 1.807) is 0 Å². The average molecular weight is 526 g/mol. The van der Waals surface area contributed by atoms with Gasteiger partial charge in [0.25, 0.3) is 0 Å². The molecule has 0 aliphatic rings. The SMILES string of the molecule is CCCCCCCCCCOc1ccc(C=Nc2ccc(N=Nc3ccc(Cl)cc3)c3ccccc23)cc1. The molecule has 0 saturated heterocycles. The second kappa shape index (κ2) is 15.0. The van der Waals surface area contributed by atoms with Crippen LogP contribution in [0.5, 0.6) is 5.75 Å². The molecule has 0 unspecified atom stereocenters. The minimum Gasteiger partial charge on any atom is -0.494 e. The summed E-state index contributed by atoms with van der Waals surface area (Å²) in [6.07, 6.45) is 12.3. The second-order valence-electron chi connectivity index (χ2n) is 9.48. The maximum absolute atomic E-state index is 5.96. The molecule has 0 aliphatic carbocycles. The van der Waals surface area contributed by atoms with Crippen LogP contribution in [0.1, 0.15) is 63.9 Å². The number of fused-ring (bicyclic) bond motifs is 1. The normalized spacial score (nSPS) is 11.6. The Morgan fingerprint density at radius 3 is 2.00 bits per heavy atom. The number of aliphatic imine (C=N–C) groups is 1. The molecule has 0 bridgehead atoms. The third kappa shape index (κ3) is 8.53. The van der Waals surface area contributed by atoms with Gasteiger partial charge in [-0.3, -0.25) is 4.99 Å². The van der Waals surface area contributed by atoms with Crippen molar-refractivity contribution in [2.24, 2.45) is 15.2 Å². The zero-order valence-corrected chi connectivity index (χ0v) is 22.9. The molecule has 0 radical (unpaired) electrons. The number of nitrogens with zero attached hydrogens (tertiary/aromatic N) is 3. The third-order valence-electron chi connectivity index (χ3n) is 6.48. The van der Waals surface area contributed by atoms with Gasteiger partial charge in [0.05, 0.1) is 23.7 Å². The van der Waals surface area contributed by atoms with E-state index in [1.165, 1.54) is 44.9 Å². The monoisotopic (exact) mass is 525 g/mol. The van der Waals surface area contributed by atoms with Gasteiger partial charge in [-0.2, -0.15) is 5.11 Å². The number of hydrogen-bond acceptors (Lipinski definition) is 4. The highest BCUT2D eigenvalue weighted by atomic mass is 35.5. The van der Waals surface area contributed by atoms with Gasteiger partial charge in [-0.05, 0) is 72.6 Å². The van der Waals surface area contributed by atoms with Gasteiger partial charge < -0.3 is 4.74 Å². The molecule has 196 valence electrons. The molecule has 0 spiro atoms. The quantitative estimate of drug-likeness (QED) is 0.0916. The standard InChI is InChI=1S/C33H36ClN3O/c1-2-3-4-5-6-7-8-11-24-38-29-20-14-26(15-21-29)25-35-32-22-23-33(31-13-10-9-12-30(31)32)37-36-28-18-16-27(34)17-19-28/h9-10,12-23,25H,2-8,11,24H2,1H3. The largest absolute Gasteiger partial charge is 0.494 e. The van der Waals surface area contributed by atoms with E-state index in [4.69, 9.17) is 21.3 Å². The lowest BCUT2D eigenvalue weighted by Crippen LogP contribution is -1.97. The first kappa shape index (κ1) is 27.5. The van der Waals surface area contributed by atoms with Crippen molar-refractivity contribution in [1.29, 1.82) is 0 Å². The fourth-order valence-electron chi connectivity index (χ4n) is 4.31. The van der Waals surface area contributed by atoms with Crippen LogP contribution in [0.15, 0.2) is 100 Å². The van der Waals surface area contributed by atoms with Crippen LogP contribution in [0, 0.1) is 0 Å². The topological polar surface area (TPSA) is 46.3 Å². The molecule has 0 aromatic heterocycles. The highest BCUT2D eigenvalue weighted by molar-refractivity contribution is 6.30. The number of azo groups is 1. The van der Waals surface area contributed by atoms with E-state index in [1.807, 2.05) is 85.1 Å². The van der Waals surface area contributed by atoms with Gasteiger partial charge in [0.2, 0.25) is 0 Å². The summed E-state index contributed by atoms with van der Waals surface area (Å²) in [4.78, 5) is 4.77. The third-order valence-corrected chi connectivity index (χ3v) is 6.73. The first-order valence-corrected chi connectivity index (χ1v) is 14.1. The Morgan fingerprint density at radius 2 is 1.29 bits per heavy atom. The van der Waals surface area contributed by atoms with E-state index in [0.717, 1.165) is 52.2 Å². The molecule has 0 fully saturated rings. The van der Waals surface area contributed by atoms with Crippen LogP contribution in [0.2, 0.25) is 5.02 Å². The smallest absolute Gasteiger partial charge is 0.119 e. The Morgan fingerprint density at radius 1 is 0.658 bits per heavy atom. The first-order chi connectivity index (χ1) is 18.7. The van der Waals surface area contributed by atoms with Crippen molar-refractivity contribution >= 4 is 45.7 Å². The lowest BCUT2D eigenvalue weighted by molar-refractivity contribution is 0.304. The Hall–Kier alpha value is -3.50. The minimum absolute atomic E-state index is 0.678. The summed E-state index contributed by atoms with van der Waals surface area (Å²) in [5.41, 5.74) is 3.47. The van der Waals surface area contributed by atoms with Crippen molar-refractivity contribution < 1.29 is 4.74 Å². The first-order valence-electron chi connectivity index (χ1n) is 13.7. The molecule has 0 heterocycles. The van der Waals surface area contributed by atoms with Crippen molar-refractivity contribution in [3.8, 4) is 5.75 Å². The number of unbranched alkanes of at least 4 members (excludes halogenated alkanes) is 7. The molecule has 4 nitrogen and oxygen atoms in total. The van der Waals surface area contributed by atoms with Crippen molar-refractivity contribution in [3.63, 3.8) is 0 Å². The maximum Gasteiger partial charge on any atom is 0.119 e. The number of ether oxygens (including phenoxy) is 1. The summed E-state index contributed by atoms with van der Waals surface area (Å²) in [5, 5.41) is 11.6. The number of benzene rings is 4. The molecule has 0 aliphatic heterocycles. The molecule has 0 atom stereocenters. The van der Waals surface area contributed by atoms with Crippen LogP contribution in [0.25, 0.3) is 10.8 Å². The minimum atomic E-state index is 0.678. The maximum atomic E-state index is 5.96. The summed E-state index contributed by atoms with van der Waals surface area (Å²) in [5.74, 6) is 0.908. The molecule has 0 saturated carbocycles. The fourth-order valence-corrected chi connectivity index (χ4v) is 4.43. The van der Waals surface area contributed by atoms with Crippen LogP contribution in [-0.2, 0) is 0 Å². The van der Waals surface area contributed by atoms with Crippen molar-refractivity contribution in [1.82, 2.24) is 0 Å². The van der Waals surface area contributed by atoms with Crippen LogP contribution in [0.4, 0.5) is 17.1 Å². The van der Waals surface area contributed by atoms with E-state index >= 15 is 0 Å². The molecule has 4 rings (SSSR count). The summed E-state index contributed by atoms with van der Waals surface area (Å²) < 4.78 is 5.93. The Labute approximate surface area is 231 Å². The van der Waals surface area contributed by atoms with Gasteiger partial charge in [-0.1, -0.05) is 87.7 Å². The predicted molar refractivity (Wildman–Crippen MR) is 161 cm³/mol. The van der Waals surface area contributed by atoms with Crippen molar-refractivity contribution in [2.45, 2.75) is 58.3 Å². The fraction of sp³-hybridized carbons (Fsp3) is 0.303. The van der Waals surface area contributed by atoms with Gasteiger partial charge in [0.15, 0.2) is 0 Å². The number of halogens is 1. The molecular weight excluding hydrogens is 490 g/mol. The highest BCUT2D eigenvalue weighted by Crippen LogP contribution is 2.34. The van der Waals surface area contributed by atoms with E-state index in [2.05, 4.69) is 23.2 Å². The van der Waals surface area contributed by atoms with Crippen molar-refractivity contribution in [2.75, 3.05) is 6.61 Å². The van der Waals surface area contributed by atoms with Gasteiger partial charge in [0.1, 0.15) is 5.75 Å². The van der Waals surface area contributed by atoms with E-state index in [-0.39, 0.29) is 0 Å². The van der Waals surface area contributed by atoms with Crippen LogP contribution in [0.3, 0.4) is 0 Å². The highest BCUT2D eigenvalue weighted by Gasteiger charge is 2.05. The van der Waals surface area contributed by atoms with Crippen LogP contribution < -0.4 is 4.74 Å². The summed E-state index contributed by atoms with van der Waals surface area (Å²) in [6.45, 7) is 3.03. The lowest BCUT2D eigenvalue weighted by atomic mass is 10.1. The second-order valence-corrected chi connectivity index (χ2v) is 9.91. The van der Waals surface area contributed by atoms with Gasteiger partial charge >= 0.3 is 0 Å². The zero-order valence-electron chi connectivity index (χ0n) is 22.2. The number of rotatable bonds is 14. The number of hydrogen-bond donors (Lipinski definition) is 0. The lowest BCUT2D eigenvalue weighted by Gasteiger charge is -2.07. The van der Waals surface area contributed by atoms with Crippen molar-refractivity contribution in [3.05, 3.63) is 95.5 Å². The Kier molecular flexibility index (Phi) is 10.9. The van der Waals surface area contributed by atoms with E-state index < -0.39 is 0 Å². The molecule has 0 amide bonds. The summed E-state index contributed by atoms with van der Waals surface area (Å²) in [6, 6.07) is 27.5. The van der Waals surface area contributed by atoms with Gasteiger partial charge in [0, 0.05) is 22.0 Å². The molecule has 38 heavy (non-hydrogen) atoms.